The summed E-state index contributed by atoms with van der Waals surface area (Å²) in [5.74, 6) is 0.216. The number of aliphatic hydroxyl groups is 1. The molecule has 4 nitrogen and oxygen atoms in total. The van der Waals surface area contributed by atoms with Crippen LogP contribution in [0.1, 0.15) is 19.8 Å². The predicted octanol–water partition coefficient (Wildman–Crippen LogP) is 1.96. The molecule has 18 heavy (non-hydrogen) atoms. The highest BCUT2D eigenvalue weighted by Crippen LogP contribution is 2.11. The lowest BCUT2D eigenvalue weighted by atomic mass is 10.1. The van der Waals surface area contributed by atoms with E-state index < -0.39 is 18.1 Å². The minimum Gasteiger partial charge on any atom is -0.392 e. The molecule has 0 saturated carbocycles. The number of aliphatic hydroxyl groups excluding tert-OH is 1. The Morgan fingerprint density at radius 2 is 1.94 bits per heavy atom. The molecule has 1 atom stereocenters. The van der Waals surface area contributed by atoms with E-state index in [0.29, 0.717) is 12.8 Å². The zero-order valence-electron chi connectivity index (χ0n) is 12.0. The Labute approximate surface area is 113 Å². The van der Waals surface area contributed by atoms with Crippen LogP contribution in [0, 0.1) is 0 Å². The van der Waals surface area contributed by atoms with Crippen molar-refractivity contribution in [2.45, 2.75) is 51.5 Å². The fourth-order valence-electron chi connectivity index (χ4n) is 1.36. The molecule has 0 bridgehead atoms. The van der Waals surface area contributed by atoms with Gasteiger partial charge in [0.15, 0.2) is 0 Å². The molecular weight excluding hydrogens is 266 g/mol. The number of hydrogen-bond donors (Lipinski definition) is 2. The largest absolute Gasteiger partial charge is 0.392 e. The Balaban J connectivity index is 4.12. The third-order valence-electron chi connectivity index (χ3n) is 2.66. The smallest absolute Gasteiger partial charge is 0.211 e. The summed E-state index contributed by atoms with van der Waals surface area (Å²) in [7, 11) is -4.50. The zero-order valence-corrected chi connectivity index (χ0v) is 13.8. The Morgan fingerprint density at radius 1 is 1.39 bits per heavy atom. The summed E-state index contributed by atoms with van der Waals surface area (Å²) in [6, 6.07) is 0.665. The van der Waals surface area contributed by atoms with E-state index in [1.54, 1.807) is 0 Å². The van der Waals surface area contributed by atoms with Gasteiger partial charge < -0.3 is 5.11 Å². The molecule has 0 rings (SSSR count). The van der Waals surface area contributed by atoms with E-state index in [2.05, 4.69) is 30.9 Å². The van der Waals surface area contributed by atoms with Crippen molar-refractivity contribution < 1.29 is 13.5 Å². The van der Waals surface area contributed by atoms with Crippen LogP contribution in [0.2, 0.25) is 25.7 Å². The van der Waals surface area contributed by atoms with E-state index in [-0.39, 0.29) is 18.4 Å². The fourth-order valence-corrected chi connectivity index (χ4v) is 5.74. The van der Waals surface area contributed by atoms with Gasteiger partial charge in [0.25, 0.3) is 0 Å². The normalized spacial score (nSPS) is 14.5. The molecule has 0 saturated heterocycles. The third kappa shape index (κ3) is 9.82. The van der Waals surface area contributed by atoms with Crippen LogP contribution >= 0.6 is 0 Å². The summed E-state index contributed by atoms with van der Waals surface area (Å²) in [5.41, 5.74) is 0.739. The summed E-state index contributed by atoms with van der Waals surface area (Å²) in [6.07, 6.45) is 1.32. The standard InChI is InChI=1S/C12H27NO3SSi/c1-11(10-14)6-7-12(2)13-17(15,16)8-9-18(3,4)5/h12-14H,1,6-10H2,2-5H3/t12-/m0/s1. The van der Waals surface area contributed by atoms with Gasteiger partial charge in [-0.3, -0.25) is 0 Å². The van der Waals surface area contributed by atoms with Crippen LogP contribution < -0.4 is 4.72 Å². The van der Waals surface area contributed by atoms with Crippen molar-refractivity contribution >= 4 is 18.1 Å². The minimum absolute atomic E-state index is 0.0326. The van der Waals surface area contributed by atoms with Crippen molar-refractivity contribution in [3.8, 4) is 0 Å². The molecule has 0 aliphatic carbocycles. The summed E-state index contributed by atoms with van der Waals surface area (Å²) in [4.78, 5) is 0. The first-order valence-corrected chi connectivity index (χ1v) is 11.7. The maximum absolute atomic E-state index is 11.8. The summed E-state index contributed by atoms with van der Waals surface area (Å²) < 4.78 is 26.4. The molecule has 0 radical (unpaired) electrons. The van der Waals surface area contributed by atoms with Crippen LogP contribution in [-0.2, 0) is 10.0 Å². The second kappa shape index (κ2) is 7.42. The zero-order chi connectivity index (χ0) is 14.4. The molecule has 0 heterocycles. The maximum Gasteiger partial charge on any atom is 0.211 e. The third-order valence-corrected chi connectivity index (χ3v) is 6.27. The van der Waals surface area contributed by atoms with Gasteiger partial charge in [0.1, 0.15) is 0 Å². The molecule has 0 aromatic carbocycles. The van der Waals surface area contributed by atoms with E-state index in [1.807, 2.05) is 6.92 Å². The van der Waals surface area contributed by atoms with Crippen LogP contribution in [0.5, 0.6) is 0 Å². The average molecular weight is 294 g/mol. The van der Waals surface area contributed by atoms with Gasteiger partial charge in [0.05, 0.1) is 12.4 Å². The highest BCUT2D eigenvalue weighted by atomic mass is 32.2. The molecule has 0 aliphatic heterocycles. The first kappa shape index (κ1) is 17.8. The molecule has 0 fully saturated rings. The molecule has 0 aromatic rings. The van der Waals surface area contributed by atoms with Gasteiger partial charge in [0.2, 0.25) is 10.0 Å². The quantitative estimate of drug-likeness (QED) is 0.504. The Morgan fingerprint density at radius 3 is 2.39 bits per heavy atom. The Hall–Kier alpha value is -0.173. The van der Waals surface area contributed by atoms with Crippen molar-refractivity contribution in [3.63, 3.8) is 0 Å². The van der Waals surface area contributed by atoms with Crippen molar-refractivity contribution in [1.29, 1.82) is 0 Å². The number of sulfonamides is 1. The van der Waals surface area contributed by atoms with Gasteiger partial charge >= 0.3 is 0 Å². The first-order valence-electron chi connectivity index (χ1n) is 6.33. The van der Waals surface area contributed by atoms with E-state index >= 15 is 0 Å². The van der Waals surface area contributed by atoms with Crippen LogP contribution in [0.25, 0.3) is 0 Å². The number of rotatable bonds is 9. The second-order valence-electron chi connectivity index (χ2n) is 6.10. The molecule has 6 heteroatoms. The maximum atomic E-state index is 11.8. The Kier molecular flexibility index (Phi) is 7.35. The van der Waals surface area contributed by atoms with Crippen molar-refractivity contribution in [3.05, 3.63) is 12.2 Å². The van der Waals surface area contributed by atoms with Crippen LogP contribution in [0.15, 0.2) is 12.2 Å². The molecule has 0 aliphatic rings. The van der Waals surface area contributed by atoms with E-state index in [0.717, 1.165) is 11.6 Å². The van der Waals surface area contributed by atoms with Crippen LogP contribution in [0.3, 0.4) is 0 Å². The topological polar surface area (TPSA) is 66.4 Å². The average Bonchev–Trinajstić information content (AvgIpc) is 2.22. The molecule has 0 amide bonds. The SMILES string of the molecule is C=C(CO)CC[C@H](C)NS(=O)(=O)CC[Si](C)(C)C. The van der Waals surface area contributed by atoms with Gasteiger partial charge in [0, 0.05) is 14.1 Å². The second-order valence-corrected chi connectivity index (χ2v) is 13.6. The van der Waals surface area contributed by atoms with Gasteiger partial charge in [-0.2, -0.15) is 0 Å². The highest BCUT2D eigenvalue weighted by molar-refractivity contribution is 7.89. The van der Waals surface area contributed by atoms with Gasteiger partial charge in [-0.05, 0) is 25.8 Å². The molecule has 0 unspecified atom stereocenters. The van der Waals surface area contributed by atoms with Crippen molar-refractivity contribution in [1.82, 2.24) is 4.72 Å². The van der Waals surface area contributed by atoms with Crippen molar-refractivity contribution in [2.24, 2.45) is 0 Å². The molecular formula is C12H27NO3SSi. The lowest BCUT2D eigenvalue weighted by Crippen LogP contribution is -2.36. The van der Waals surface area contributed by atoms with E-state index in [9.17, 15) is 8.42 Å². The van der Waals surface area contributed by atoms with Gasteiger partial charge in [-0.25, -0.2) is 13.1 Å². The summed E-state index contributed by atoms with van der Waals surface area (Å²) >= 11 is 0. The lowest BCUT2D eigenvalue weighted by molar-refractivity contribution is 0.325. The van der Waals surface area contributed by atoms with Crippen LogP contribution in [0.4, 0.5) is 0 Å². The molecule has 108 valence electrons. The molecule has 0 aromatic heterocycles. The summed E-state index contributed by atoms with van der Waals surface area (Å²) in [6.45, 7) is 12.0. The summed E-state index contributed by atoms with van der Waals surface area (Å²) in [5, 5.41) is 8.82. The predicted molar refractivity (Wildman–Crippen MR) is 80.0 cm³/mol. The number of hydrogen-bond acceptors (Lipinski definition) is 3. The first-order chi connectivity index (χ1) is 8.06. The van der Waals surface area contributed by atoms with E-state index in [4.69, 9.17) is 5.11 Å². The molecule has 2 N–H and O–H groups in total. The Bertz CT molecular complexity index is 360. The van der Waals surface area contributed by atoms with Gasteiger partial charge in [-0.15, -0.1) is 0 Å². The van der Waals surface area contributed by atoms with Crippen molar-refractivity contribution in [2.75, 3.05) is 12.4 Å². The number of nitrogens with one attached hydrogen (secondary N) is 1. The highest BCUT2D eigenvalue weighted by Gasteiger charge is 2.20. The molecule has 0 spiro atoms. The lowest BCUT2D eigenvalue weighted by Gasteiger charge is -2.18. The van der Waals surface area contributed by atoms with Gasteiger partial charge in [-0.1, -0.05) is 31.8 Å². The van der Waals surface area contributed by atoms with E-state index in [1.165, 1.54) is 0 Å². The minimum atomic E-state index is -3.18. The van der Waals surface area contributed by atoms with Crippen LogP contribution in [-0.4, -0.2) is 40.0 Å². The fraction of sp³-hybridized carbons (Fsp3) is 0.833. The monoisotopic (exact) mass is 293 g/mol.